The number of thioether (sulfide) groups is 1. The SMILES string of the molecule is O=C1Nc2ccccc2S(=O)(=O)N1c1cccc(SC(F)(F)F)c1. The minimum Gasteiger partial charge on any atom is -0.305 e. The zero-order valence-electron chi connectivity index (χ0n) is 11.7. The molecule has 126 valence electrons. The Labute approximate surface area is 139 Å². The van der Waals surface area contributed by atoms with Gasteiger partial charge in [0, 0.05) is 4.90 Å². The quantitative estimate of drug-likeness (QED) is 0.806. The number of hydrogen-bond donors (Lipinski definition) is 1. The molecule has 0 bridgehead atoms. The molecule has 0 unspecified atom stereocenters. The lowest BCUT2D eigenvalue weighted by Gasteiger charge is -2.28. The molecular formula is C14H9F3N2O3S2. The molecule has 1 aliphatic rings. The average molecular weight is 374 g/mol. The summed E-state index contributed by atoms with van der Waals surface area (Å²) < 4.78 is 63.2. The molecule has 0 saturated heterocycles. The third-order valence-corrected chi connectivity index (χ3v) is 5.61. The molecule has 0 atom stereocenters. The van der Waals surface area contributed by atoms with Crippen LogP contribution in [-0.2, 0) is 10.0 Å². The van der Waals surface area contributed by atoms with Crippen LogP contribution in [0.1, 0.15) is 0 Å². The van der Waals surface area contributed by atoms with Crippen molar-refractivity contribution >= 4 is 39.2 Å². The maximum atomic E-state index is 12.6. The number of carbonyl (C=O) groups excluding carboxylic acids is 1. The van der Waals surface area contributed by atoms with Crippen molar-refractivity contribution < 1.29 is 26.4 Å². The Kier molecular flexibility index (Phi) is 3.96. The van der Waals surface area contributed by atoms with Crippen molar-refractivity contribution in [3.05, 3.63) is 48.5 Å². The maximum absolute atomic E-state index is 12.6. The van der Waals surface area contributed by atoms with E-state index in [-0.39, 0.29) is 32.9 Å². The van der Waals surface area contributed by atoms with Crippen molar-refractivity contribution in [2.45, 2.75) is 15.3 Å². The number of hydrogen-bond acceptors (Lipinski definition) is 4. The number of rotatable bonds is 2. The number of benzene rings is 2. The first-order valence-electron chi connectivity index (χ1n) is 6.50. The molecular weight excluding hydrogens is 365 g/mol. The zero-order valence-corrected chi connectivity index (χ0v) is 13.4. The molecule has 2 aromatic rings. The summed E-state index contributed by atoms with van der Waals surface area (Å²) in [6.45, 7) is 0. The number of carbonyl (C=O) groups is 1. The number of sulfonamides is 1. The van der Waals surface area contributed by atoms with Crippen molar-refractivity contribution in [2.24, 2.45) is 0 Å². The van der Waals surface area contributed by atoms with E-state index in [9.17, 15) is 26.4 Å². The van der Waals surface area contributed by atoms with Gasteiger partial charge in [-0.05, 0) is 42.1 Å². The summed E-state index contributed by atoms with van der Waals surface area (Å²) in [6.07, 6.45) is 0. The summed E-state index contributed by atoms with van der Waals surface area (Å²) >= 11 is -0.387. The van der Waals surface area contributed by atoms with Crippen LogP contribution < -0.4 is 9.62 Å². The highest BCUT2D eigenvalue weighted by Crippen LogP contribution is 2.39. The van der Waals surface area contributed by atoms with Gasteiger partial charge < -0.3 is 5.32 Å². The standard InChI is InChI=1S/C14H9F3N2O3S2/c15-14(16,17)23-10-5-3-4-9(8-10)19-13(20)18-11-6-1-2-7-12(11)24(19,21)22/h1-8H,(H,18,20). The first kappa shape index (κ1) is 16.7. The topological polar surface area (TPSA) is 66.5 Å². The van der Waals surface area contributed by atoms with Crippen molar-refractivity contribution in [1.82, 2.24) is 0 Å². The summed E-state index contributed by atoms with van der Waals surface area (Å²) in [4.78, 5) is 11.8. The Hall–Kier alpha value is -2.20. The van der Waals surface area contributed by atoms with Crippen molar-refractivity contribution in [1.29, 1.82) is 0 Å². The zero-order chi connectivity index (χ0) is 17.5. The average Bonchev–Trinajstić information content (AvgIpc) is 2.45. The number of nitrogens with zero attached hydrogens (tertiary/aromatic N) is 1. The molecule has 0 spiro atoms. The number of nitrogens with one attached hydrogen (secondary N) is 1. The summed E-state index contributed by atoms with van der Waals surface area (Å²) in [5, 5.41) is 2.41. The molecule has 24 heavy (non-hydrogen) atoms. The number of alkyl halides is 3. The molecule has 3 rings (SSSR count). The minimum atomic E-state index is -4.52. The van der Waals surface area contributed by atoms with E-state index in [0.717, 1.165) is 6.07 Å². The number of anilines is 2. The fourth-order valence-corrected chi connectivity index (χ4v) is 4.32. The molecule has 0 fully saturated rings. The Morgan fingerprint density at radius 3 is 2.46 bits per heavy atom. The summed E-state index contributed by atoms with van der Waals surface area (Å²) in [7, 11) is -4.21. The van der Waals surface area contributed by atoms with Gasteiger partial charge in [0.05, 0.1) is 11.4 Å². The Balaban J connectivity index is 2.07. The molecule has 2 aromatic carbocycles. The number of amides is 2. The normalized spacial score (nSPS) is 16.5. The summed E-state index contributed by atoms with van der Waals surface area (Å²) in [5.74, 6) is 0. The van der Waals surface area contributed by atoms with E-state index in [1.165, 1.54) is 36.4 Å². The monoisotopic (exact) mass is 374 g/mol. The second-order valence-electron chi connectivity index (χ2n) is 4.74. The number of urea groups is 1. The Morgan fingerprint density at radius 1 is 1.04 bits per heavy atom. The predicted molar refractivity (Wildman–Crippen MR) is 83.5 cm³/mol. The van der Waals surface area contributed by atoms with Crippen LogP contribution in [-0.4, -0.2) is 20.0 Å². The lowest BCUT2D eigenvalue weighted by Crippen LogP contribution is -2.44. The van der Waals surface area contributed by atoms with Gasteiger partial charge in [-0.25, -0.2) is 13.2 Å². The number of para-hydroxylation sites is 1. The Morgan fingerprint density at radius 2 is 1.75 bits per heavy atom. The van der Waals surface area contributed by atoms with Crippen LogP contribution in [0.25, 0.3) is 0 Å². The van der Waals surface area contributed by atoms with E-state index >= 15 is 0 Å². The number of halogens is 3. The molecule has 0 aliphatic carbocycles. The lowest BCUT2D eigenvalue weighted by molar-refractivity contribution is -0.0328. The van der Waals surface area contributed by atoms with Crippen LogP contribution >= 0.6 is 11.8 Å². The van der Waals surface area contributed by atoms with Gasteiger partial charge in [0.1, 0.15) is 4.90 Å². The molecule has 5 nitrogen and oxygen atoms in total. The van der Waals surface area contributed by atoms with Crippen LogP contribution in [0, 0.1) is 0 Å². The van der Waals surface area contributed by atoms with Crippen LogP contribution in [0.4, 0.5) is 29.3 Å². The van der Waals surface area contributed by atoms with Crippen LogP contribution in [0.5, 0.6) is 0 Å². The van der Waals surface area contributed by atoms with E-state index in [1.807, 2.05) is 0 Å². The Bertz CT molecular complexity index is 913. The molecule has 0 aromatic heterocycles. The molecule has 1 aliphatic heterocycles. The van der Waals surface area contributed by atoms with Crippen molar-refractivity contribution in [3.63, 3.8) is 0 Å². The summed E-state index contributed by atoms with van der Waals surface area (Å²) in [6, 6.07) is 9.53. The van der Waals surface area contributed by atoms with Gasteiger partial charge in [-0.2, -0.15) is 17.5 Å². The molecule has 10 heteroatoms. The van der Waals surface area contributed by atoms with Gasteiger partial charge in [0.2, 0.25) is 0 Å². The number of fused-ring (bicyclic) bond motifs is 1. The van der Waals surface area contributed by atoms with Crippen LogP contribution in [0.3, 0.4) is 0 Å². The first-order chi connectivity index (χ1) is 11.2. The fourth-order valence-electron chi connectivity index (χ4n) is 2.23. The second-order valence-corrected chi connectivity index (χ2v) is 7.63. The minimum absolute atomic E-state index is 0.125. The molecule has 1 heterocycles. The van der Waals surface area contributed by atoms with Crippen molar-refractivity contribution in [2.75, 3.05) is 9.62 Å². The highest BCUT2D eigenvalue weighted by molar-refractivity contribution is 8.00. The van der Waals surface area contributed by atoms with Crippen molar-refractivity contribution in [3.8, 4) is 0 Å². The van der Waals surface area contributed by atoms with E-state index in [0.29, 0.717) is 4.31 Å². The lowest BCUT2D eigenvalue weighted by atomic mass is 10.3. The van der Waals surface area contributed by atoms with Gasteiger partial charge in [-0.15, -0.1) is 0 Å². The molecule has 2 amide bonds. The van der Waals surface area contributed by atoms with E-state index < -0.39 is 21.6 Å². The third-order valence-electron chi connectivity index (χ3n) is 3.12. The smallest absolute Gasteiger partial charge is 0.305 e. The van der Waals surface area contributed by atoms with Gasteiger partial charge in [0.25, 0.3) is 10.0 Å². The van der Waals surface area contributed by atoms with Gasteiger partial charge in [-0.3, -0.25) is 0 Å². The highest BCUT2D eigenvalue weighted by atomic mass is 32.2. The molecule has 0 radical (unpaired) electrons. The van der Waals surface area contributed by atoms with Crippen LogP contribution in [0.2, 0.25) is 0 Å². The van der Waals surface area contributed by atoms with Crippen LogP contribution in [0.15, 0.2) is 58.3 Å². The third kappa shape index (κ3) is 3.06. The van der Waals surface area contributed by atoms with Gasteiger partial charge >= 0.3 is 11.5 Å². The van der Waals surface area contributed by atoms with Gasteiger partial charge in [0.15, 0.2) is 0 Å². The second kappa shape index (κ2) is 5.71. The first-order valence-corrected chi connectivity index (χ1v) is 8.75. The van der Waals surface area contributed by atoms with E-state index in [1.54, 1.807) is 6.07 Å². The highest BCUT2D eigenvalue weighted by Gasteiger charge is 2.38. The van der Waals surface area contributed by atoms with E-state index in [2.05, 4.69) is 5.32 Å². The maximum Gasteiger partial charge on any atom is 0.446 e. The fraction of sp³-hybridized carbons (Fsp3) is 0.0714. The largest absolute Gasteiger partial charge is 0.446 e. The van der Waals surface area contributed by atoms with E-state index in [4.69, 9.17) is 0 Å². The molecule has 0 saturated carbocycles. The van der Waals surface area contributed by atoms with Gasteiger partial charge in [-0.1, -0.05) is 18.2 Å². The summed E-state index contributed by atoms with van der Waals surface area (Å²) in [5.41, 5.74) is -4.57. The predicted octanol–water partition coefficient (Wildman–Crippen LogP) is 4.04. The molecule has 1 N–H and O–H groups in total.